The van der Waals surface area contributed by atoms with Crippen LogP contribution in [-0.4, -0.2) is 25.8 Å². The Morgan fingerprint density at radius 3 is 2.60 bits per heavy atom. The quantitative estimate of drug-likeness (QED) is 0.539. The molecule has 0 radical (unpaired) electrons. The first-order chi connectivity index (χ1) is 12.0. The Morgan fingerprint density at radius 1 is 1.20 bits per heavy atom. The van der Waals surface area contributed by atoms with Gasteiger partial charge < -0.3 is 10.5 Å². The zero-order valence-electron chi connectivity index (χ0n) is 12.9. The second-order valence-corrected chi connectivity index (χ2v) is 5.08. The van der Waals surface area contributed by atoms with Crippen LogP contribution < -0.4 is 10.5 Å². The lowest BCUT2D eigenvalue weighted by molar-refractivity contribution is -0.384. The number of hydrogen-bond donors (Lipinski definition) is 1. The maximum Gasteiger partial charge on any atom is 0.269 e. The fourth-order valence-corrected chi connectivity index (χ4v) is 2.19. The number of carbonyl (C=O) groups is 1. The summed E-state index contributed by atoms with van der Waals surface area (Å²) in [5, 5.41) is 18.6. The number of nitrogens with two attached hydrogens (primary N) is 1. The molecule has 2 aromatic carbocycles. The molecule has 9 heteroatoms. The molecule has 9 nitrogen and oxygen atoms in total. The van der Waals surface area contributed by atoms with E-state index in [4.69, 9.17) is 10.5 Å². The number of hydrogen-bond acceptors (Lipinski definition) is 6. The third-order valence-electron chi connectivity index (χ3n) is 3.39. The molecule has 0 bridgehead atoms. The highest BCUT2D eigenvalue weighted by Gasteiger charge is 2.11. The number of primary amides is 1. The van der Waals surface area contributed by atoms with Crippen molar-refractivity contribution in [2.75, 3.05) is 0 Å². The van der Waals surface area contributed by atoms with Gasteiger partial charge in [0.15, 0.2) is 0 Å². The van der Waals surface area contributed by atoms with E-state index in [2.05, 4.69) is 10.3 Å². The number of amides is 1. The summed E-state index contributed by atoms with van der Waals surface area (Å²) in [4.78, 5) is 21.6. The third-order valence-corrected chi connectivity index (χ3v) is 3.39. The zero-order chi connectivity index (χ0) is 17.8. The predicted octanol–water partition coefficient (Wildman–Crippen LogP) is 1.85. The monoisotopic (exact) mass is 339 g/mol. The standard InChI is InChI=1S/C16H13N5O4/c17-16(22)14-3-1-2-4-15(14)20-9-11(18-19-20)10-25-13-7-5-12(6-8-13)21(23)24/h1-9H,10H2,(H2,17,22). The minimum absolute atomic E-state index is 0.0126. The van der Waals surface area contributed by atoms with E-state index in [9.17, 15) is 14.9 Å². The Morgan fingerprint density at radius 2 is 1.92 bits per heavy atom. The van der Waals surface area contributed by atoms with Crippen LogP contribution in [0, 0.1) is 10.1 Å². The fraction of sp³-hybridized carbons (Fsp3) is 0.0625. The van der Waals surface area contributed by atoms with E-state index >= 15 is 0 Å². The highest BCUT2D eigenvalue weighted by atomic mass is 16.6. The number of non-ortho nitro benzene ring substituents is 1. The Bertz CT molecular complexity index is 920. The average molecular weight is 339 g/mol. The minimum atomic E-state index is -0.560. The number of benzene rings is 2. The van der Waals surface area contributed by atoms with Gasteiger partial charge in [0, 0.05) is 12.1 Å². The van der Waals surface area contributed by atoms with Crippen LogP contribution in [-0.2, 0) is 6.61 Å². The van der Waals surface area contributed by atoms with Crippen LogP contribution in [0.25, 0.3) is 5.69 Å². The Labute approximate surface area is 141 Å². The van der Waals surface area contributed by atoms with Gasteiger partial charge in [0.1, 0.15) is 18.1 Å². The average Bonchev–Trinajstić information content (AvgIpc) is 3.09. The normalized spacial score (nSPS) is 10.4. The highest BCUT2D eigenvalue weighted by molar-refractivity contribution is 5.96. The van der Waals surface area contributed by atoms with E-state index in [0.29, 0.717) is 22.7 Å². The molecule has 0 atom stereocenters. The molecule has 0 fully saturated rings. The first-order valence-corrected chi connectivity index (χ1v) is 7.22. The summed E-state index contributed by atoms with van der Waals surface area (Å²) in [5.74, 6) is -0.0903. The molecule has 3 aromatic rings. The molecule has 1 heterocycles. The van der Waals surface area contributed by atoms with E-state index in [1.165, 1.54) is 28.9 Å². The molecule has 1 aromatic heterocycles. The van der Waals surface area contributed by atoms with Crippen molar-refractivity contribution in [3.8, 4) is 11.4 Å². The number of para-hydroxylation sites is 1. The van der Waals surface area contributed by atoms with Crippen LogP contribution in [0.3, 0.4) is 0 Å². The molecule has 3 rings (SSSR count). The molecular weight excluding hydrogens is 326 g/mol. The van der Waals surface area contributed by atoms with Gasteiger partial charge in [0.2, 0.25) is 0 Å². The number of nitrogens with zero attached hydrogens (tertiary/aromatic N) is 4. The lowest BCUT2D eigenvalue weighted by Gasteiger charge is -2.05. The third kappa shape index (κ3) is 3.61. The highest BCUT2D eigenvalue weighted by Crippen LogP contribution is 2.18. The summed E-state index contributed by atoms with van der Waals surface area (Å²) in [6, 6.07) is 12.5. The SMILES string of the molecule is NC(=O)c1ccccc1-n1cc(COc2ccc([N+](=O)[O-])cc2)nn1. The Kier molecular flexibility index (Phi) is 4.38. The van der Waals surface area contributed by atoms with Crippen molar-refractivity contribution in [1.82, 2.24) is 15.0 Å². The maximum atomic E-state index is 11.5. The molecule has 0 unspecified atom stereocenters. The summed E-state index contributed by atoms with van der Waals surface area (Å²) >= 11 is 0. The number of ether oxygens (including phenoxy) is 1. The topological polar surface area (TPSA) is 126 Å². The van der Waals surface area contributed by atoms with Gasteiger partial charge in [-0.2, -0.15) is 0 Å². The van der Waals surface area contributed by atoms with E-state index in [-0.39, 0.29) is 12.3 Å². The Balaban J connectivity index is 1.72. The van der Waals surface area contributed by atoms with Crippen molar-refractivity contribution in [2.45, 2.75) is 6.61 Å². The molecule has 0 aliphatic carbocycles. The van der Waals surface area contributed by atoms with E-state index in [1.54, 1.807) is 30.5 Å². The van der Waals surface area contributed by atoms with Crippen LogP contribution in [0.4, 0.5) is 5.69 Å². The zero-order valence-corrected chi connectivity index (χ0v) is 12.9. The molecule has 0 saturated carbocycles. The van der Waals surface area contributed by atoms with Gasteiger partial charge >= 0.3 is 0 Å². The van der Waals surface area contributed by atoms with Gasteiger partial charge in [-0.3, -0.25) is 14.9 Å². The largest absolute Gasteiger partial charge is 0.487 e. The van der Waals surface area contributed by atoms with Crippen LogP contribution in [0.15, 0.2) is 54.7 Å². The molecule has 0 aliphatic rings. The predicted molar refractivity (Wildman–Crippen MR) is 87.3 cm³/mol. The van der Waals surface area contributed by atoms with Gasteiger partial charge in [0.25, 0.3) is 11.6 Å². The van der Waals surface area contributed by atoms with E-state index < -0.39 is 10.8 Å². The molecule has 0 spiro atoms. The number of nitro benzene ring substituents is 1. The van der Waals surface area contributed by atoms with Gasteiger partial charge in [-0.1, -0.05) is 17.3 Å². The lowest BCUT2D eigenvalue weighted by Crippen LogP contribution is -2.14. The summed E-state index contributed by atoms with van der Waals surface area (Å²) in [6.45, 7) is 0.122. The Hall–Kier alpha value is -3.75. The number of carbonyl (C=O) groups excluding carboxylic acids is 1. The summed E-state index contributed by atoms with van der Waals surface area (Å²) in [6.07, 6.45) is 1.62. The maximum absolute atomic E-state index is 11.5. The van der Waals surface area contributed by atoms with Crippen LogP contribution >= 0.6 is 0 Å². The van der Waals surface area contributed by atoms with Gasteiger partial charge in [-0.15, -0.1) is 5.10 Å². The minimum Gasteiger partial charge on any atom is -0.487 e. The second-order valence-electron chi connectivity index (χ2n) is 5.08. The van der Waals surface area contributed by atoms with Gasteiger partial charge in [0.05, 0.1) is 22.4 Å². The summed E-state index contributed by atoms with van der Waals surface area (Å²) in [7, 11) is 0. The van der Waals surface area contributed by atoms with Crippen molar-refractivity contribution in [2.24, 2.45) is 5.73 Å². The van der Waals surface area contributed by atoms with Crippen molar-refractivity contribution >= 4 is 11.6 Å². The van der Waals surface area contributed by atoms with E-state index in [0.717, 1.165) is 0 Å². The second kappa shape index (κ2) is 6.79. The summed E-state index contributed by atoms with van der Waals surface area (Å²) in [5.41, 5.74) is 6.71. The van der Waals surface area contributed by atoms with Crippen LogP contribution in [0.5, 0.6) is 5.75 Å². The molecular formula is C16H13N5O4. The van der Waals surface area contributed by atoms with Crippen molar-refractivity contribution in [3.05, 3.63) is 76.1 Å². The molecule has 0 aliphatic heterocycles. The summed E-state index contributed by atoms with van der Waals surface area (Å²) < 4.78 is 6.96. The lowest BCUT2D eigenvalue weighted by atomic mass is 10.1. The van der Waals surface area contributed by atoms with Crippen molar-refractivity contribution < 1.29 is 14.5 Å². The van der Waals surface area contributed by atoms with E-state index in [1.807, 2.05) is 0 Å². The fourth-order valence-electron chi connectivity index (χ4n) is 2.19. The van der Waals surface area contributed by atoms with Crippen LogP contribution in [0.1, 0.15) is 16.1 Å². The molecule has 2 N–H and O–H groups in total. The van der Waals surface area contributed by atoms with Crippen molar-refractivity contribution in [3.63, 3.8) is 0 Å². The first kappa shape index (κ1) is 16.1. The molecule has 0 saturated heterocycles. The molecule has 1 amide bonds. The number of rotatable bonds is 6. The van der Waals surface area contributed by atoms with Crippen LogP contribution in [0.2, 0.25) is 0 Å². The molecule has 25 heavy (non-hydrogen) atoms. The van der Waals surface area contributed by atoms with Gasteiger partial charge in [-0.25, -0.2) is 4.68 Å². The first-order valence-electron chi connectivity index (χ1n) is 7.22. The van der Waals surface area contributed by atoms with Crippen molar-refractivity contribution in [1.29, 1.82) is 0 Å². The van der Waals surface area contributed by atoms with Gasteiger partial charge in [-0.05, 0) is 24.3 Å². The molecule has 126 valence electrons. The number of nitro groups is 1. The smallest absolute Gasteiger partial charge is 0.269 e. The number of aromatic nitrogens is 3.